The molecule has 2 N–H and O–H groups in total. The fourth-order valence-corrected chi connectivity index (χ4v) is 2.13. The molecule has 1 aromatic heterocycles. The maximum absolute atomic E-state index is 13.3. The Balaban J connectivity index is 2.03. The molecular formula is C16H12F2N2O. The minimum atomic E-state index is -0.921. The molecule has 0 atom stereocenters. The number of halogens is 2. The summed E-state index contributed by atoms with van der Waals surface area (Å²) in [6.45, 7) is 1.91. The summed E-state index contributed by atoms with van der Waals surface area (Å²) < 4.78 is 26.2. The van der Waals surface area contributed by atoms with Crippen molar-refractivity contribution in [2.45, 2.75) is 6.92 Å². The number of phenols is 1. The second kappa shape index (κ2) is 5.01. The normalized spacial score (nSPS) is 10.8. The van der Waals surface area contributed by atoms with Gasteiger partial charge in [-0.2, -0.15) is 5.10 Å². The van der Waals surface area contributed by atoms with Crippen molar-refractivity contribution in [2.24, 2.45) is 0 Å². The molecule has 0 unspecified atom stereocenters. The van der Waals surface area contributed by atoms with Crippen molar-refractivity contribution >= 4 is 0 Å². The predicted octanol–water partition coefficient (Wildman–Crippen LogP) is 4.04. The monoisotopic (exact) mass is 286 g/mol. The number of aryl methyl sites for hydroxylation is 1. The SMILES string of the molecule is Cc1ccc(O)c(-c2cc(-c3ccc(F)c(F)c3)n[nH]2)c1. The first-order valence-electron chi connectivity index (χ1n) is 6.35. The number of aromatic nitrogens is 2. The van der Waals surface area contributed by atoms with Crippen molar-refractivity contribution in [1.29, 1.82) is 0 Å². The fourth-order valence-electron chi connectivity index (χ4n) is 2.13. The van der Waals surface area contributed by atoms with E-state index in [1.807, 2.05) is 13.0 Å². The molecule has 0 spiro atoms. The molecule has 2 aromatic carbocycles. The molecule has 0 fully saturated rings. The van der Waals surface area contributed by atoms with Gasteiger partial charge in [0.1, 0.15) is 5.75 Å². The highest BCUT2D eigenvalue weighted by molar-refractivity contribution is 5.72. The van der Waals surface area contributed by atoms with Crippen molar-refractivity contribution in [3.8, 4) is 28.3 Å². The van der Waals surface area contributed by atoms with Crippen LogP contribution in [-0.4, -0.2) is 15.3 Å². The van der Waals surface area contributed by atoms with E-state index in [0.717, 1.165) is 17.7 Å². The third-order valence-corrected chi connectivity index (χ3v) is 3.24. The van der Waals surface area contributed by atoms with Gasteiger partial charge in [0.05, 0.1) is 11.4 Å². The van der Waals surface area contributed by atoms with Crippen molar-refractivity contribution in [2.75, 3.05) is 0 Å². The Hall–Kier alpha value is -2.69. The Morgan fingerprint density at radius 3 is 2.57 bits per heavy atom. The molecule has 0 aliphatic carbocycles. The number of rotatable bonds is 2. The van der Waals surface area contributed by atoms with Gasteiger partial charge in [-0.25, -0.2) is 8.78 Å². The first-order valence-corrected chi connectivity index (χ1v) is 6.35. The molecule has 106 valence electrons. The van der Waals surface area contributed by atoms with E-state index in [1.54, 1.807) is 18.2 Å². The van der Waals surface area contributed by atoms with Gasteiger partial charge in [-0.1, -0.05) is 11.6 Å². The largest absolute Gasteiger partial charge is 0.507 e. The summed E-state index contributed by atoms with van der Waals surface area (Å²) in [4.78, 5) is 0. The quantitative estimate of drug-likeness (QED) is 0.747. The molecule has 0 radical (unpaired) electrons. The summed E-state index contributed by atoms with van der Waals surface area (Å²) in [6.07, 6.45) is 0. The van der Waals surface area contributed by atoms with Crippen LogP contribution in [0.15, 0.2) is 42.5 Å². The standard InChI is InChI=1S/C16H12F2N2O/c1-9-2-5-16(21)11(6-9)15-8-14(19-20-15)10-3-4-12(17)13(18)7-10/h2-8,21H,1H3,(H,19,20). The van der Waals surface area contributed by atoms with Crippen molar-refractivity contribution in [3.05, 3.63) is 59.7 Å². The Labute approximate surface area is 119 Å². The zero-order valence-corrected chi connectivity index (χ0v) is 11.2. The summed E-state index contributed by atoms with van der Waals surface area (Å²) in [5.74, 6) is -1.69. The number of benzene rings is 2. The first-order chi connectivity index (χ1) is 10.0. The number of aromatic amines is 1. The number of nitrogens with one attached hydrogen (secondary N) is 1. The second-order valence-electron chi connectivity index (χ2n) is 4.82. The van der Waals surface area contributed by atoms with Gasteiger partial charge in [0, 0.05) is 11.1 Å². The van der Waals surface area contributed by atoms with Crippen molar-refractivity contribution in [3.63, 3.8) is 0 Å². The zero-order chi connectivity index (χ0) is 15.0. The Bertz CT molecular complexity index is 812. The van der Waals surface area contributed by atoms with Crippen molar-refractivity contribution < 1.29 is 13.9 Å². The van der Waals surface area contributed by atoms with E-state index in [4.69, 9.17) is 0 Å². The van der Waals surface area contributed by atoms with E-state index in [0.29, 0.717) is 22.5 Å². The number of hydrogen-bond donors (Lipinski definition) is 2. The van der Waals surface area contributed by atoms with E-state index in [2.05, 4.69) is 10.2 Å². The molecule has 3 rings (SSSR count). The third kappa shape index (κ3) is 2.50. The first kappa shape index (κ1) is 13.3. The van der Waals surface area contributed by atoms with Gasteiger partial charge in [-0.05, 0) is 43.3 Å². The lowest BCUT2D eigenvalue weighted by Gasteiger charge is -2.02. The lowest BCUT2D eigenvalue weighted by Crippen LogP contribution is -1.85. The van der Waals surface area contributed by atoms with Crippen molar-refractivity contribution in [1.82, 2.24) is 10.2 Å². The number of phenolic OH excluding ortho intramolecular Hbond substituents is 1. The number of aromatic hydroxyl groups is 1. The highest BCUT2D eigenvalue weighted by atomic mass is 19.2. The maximum atomic E-state index is 13.3. The highest BCUT2D eigenvalue weighted by Gasteiger charge is 2.11. The van der Waals surface area contributed by atoms with E-state index in [1.165, 1.54) is 6.07 Å². The lowest BCUT2D eigenvalue weighted by molar-refractivity contribution is 0.477. The van der Waals surface area contributed by atoms with Gasteiger partial charge in [-0.15, -0.1) is 0 Å². The molecule has 5 heteroatoms. The van der Waals surface area contributed by atoms with Crippen LogP contribution >= 0.6 is 0 Å². The van der Waals surface area contributed by atoms with E-state index < -0.39 is 11.6 Å². The van der Waals surface area contributed by atoms with Crippen LogP contribution in [0.25, 0.3) is 22.5 Å². The van der Waals surface area contributed by atoms with Crippen LogP contribution in [-0.2, 0) is 0 Å². The van der Waals surface area contributed by atoms with Crippen LogP contribution in [0.5, 0.6) is 5.75 Å². The van der Waals surface area contributed by atoms with Crippen LogP contribution in [0, 0.1) is 18.6 Å². The van der Waals surface area contributed by atoms with Crippen LogP contribution in [0.1, 0.15) is 5.56 Å². The van der Waals surface area contributed by atoms with Gasteiger partial charge >= 0.3 is 0 Å². The predicted molar refractivity (Wildman–Crippen MR) is 75.8 cm³/mol. The number of nitrogens with zero attached hydrogens (tertiary/aromatic N) is 1. The molecule has 0 aliphatic heterocycles. The van der Waals surface area contributed by atoms with Gasteiger partial charge in [0.15, 0.2) is 11.6 Å². The average Bonchev–Trinajstić information content (AvgIpc) is 2.94. The third-order valence-electron chi connectivity index (χ3n) is 3.24. The molecule has 21 heavy (non-hydrogen) atoms. The lowest BCUT2D eigenvalue weighted by atomic mass is 10.1. The van der Waals surface area contributed by atoms with Crippen LogP contribution in [0.2, 0.25) is 0 Å². The molecule has 3 nitrogen and oxygen atoms in total. The van der Waals surface area contributed by atoms with E-state index >= 15 is 0 Å². The summed E-state index contributed by atoms with van der Waals surface area (Å²) in [5, 5.41) is 16.8. The minimum Gasteiger partial charge on any atom is -0.507 e. The van der Waals surface area contributed by atoms with Crippen LogP contribution in [0.4, 0.5) is 8.78 Å². The Kier molecular flexibility index (Phi) is 3.17. The molecular weight excluding hydrogens is 274 g/mol. The number of hydrogen-bond acceptors (Lipinski definition) is 2. The summed E-state index contributed by atoms with van der Waals surface area (Å²) in [5.41, 5.74) is 3.15. The molecule has 1 heterocycles. The van der Waals surface area contributed by atoms with Gasteiger partial charge < -0.3 is 5.11 Å². The fraction of sp³-hybridized carbons (Fsp3) is 0.0625. The number of H-pyrrole nitrogens is 1. The molecule has 0 amide bonds. The topological polar surface area (TPSA) is 48.9 Å². The Morgan fingerprint density at radius 2 is 1.81 bits per heavy atom. The summed E-state index contributed by atoms with van der Waals surface area (Å²) in [7, 11) is 0. The summed E-state index contributed by atoms with van der Waals surface area (Å²) in [6, 6.07) is 10.5. The highest BCUT2D eigenvalue weighted by Crippen LogP contribution is 2.31. The van der Waals surface area contributed by atoms with Crippen LogP contribution in [0.3, 0.4) is 0 Å². The molecule has 0 saturated heterocycles. The molecule has 3 aromatic rings. The minimum absolute atomic E-state index is 0.126. The van der Waals surface area contributed by atoms with Gasteiger partial charge in [-0.3, -0.25) is 5.10 Å². The van der Waals surface area contributed by atoms with Gasteiger partial charge in [0.2, 0.25) is 0 Å². The molecule has 0 aliphatic rings. The molecule has 0 bridgehead atoms. The van der Waals surface area contributed by atoms with E-state index in [9.17, 15) is 13.9 Å². The summed E-state index contributed by atoms with van der Waals surface area (Å²) >= 11 is 0. The smallest absolute Gasteiger partial charge is 0.159 e. The second-order valence-corrected chi connectivity index (χ2v) is 4.82. The Morgan fingerprint density at radius 1 is 1.00 bits per heavy atom. The maximum Gasteiger partial charge on any atom is 0.159 e. The van der Waals surface area contributed by atoms with Gasteiger partial charge in [0.25, 0.3) is 0 Å². The van der Waals surface area contributed by atoms with Crippen LogP contribution < -0.4 is 0 Å². The average molecular weight is 286 g/mol. The van der Waals surface area contributed by atoms with E-state index in [-0.39, 0.29) is 5.75 Å². The zero-order valence-electron chi connectivity index (χ0n) is 11.2. The molecule has 0 saturated carbocycles.